The Balaban J connectivity index is 1.75. The third-order valence-electron chi connectivity index (χ3n) is 3.40. The van der Waals surface area contributed by atoms with E-state index in [1.165, 1.54) is 5.56 Å². The van der Waals surface area contributed by atoms with E-state index in [-0.39, 0.29) is 6.04 Å². The first-order valence-electron chi connectivity index (χ1n) is 6.50. The number of ether oxygens (including phenoxy) is 1. The van der Waals surface area contributed by atoms with Gasteiger partial charge in [0.25, 0.3) is 0 Å². The van der Waals surface area contributed by atoms with Crippen molar-refractivity contribution >= 4 is 0 Å². The predicted octanol–water partition coefficient (Wildman–Crippen LogP) is 1.10. The summed E-state index contributed by atoms with van der Waals surface area (Å²) in [5, 5.41) is 14.8. The third kappa shape index (κ3) is 2.80. The summed E-state index contributed by atoms with van der Waals surface area (Å²) in [6, 6.07) is 8.96. The molecule has 2 unspecified atom stereocenters. The second kappa shape index (κ2) is 5.46. The van der Waals surface area contributed by atoms with Gasteiger partial charge in [-0.25, -0.2) is 4.68 Å². The van der Waals surface area contributed by atoms with Crippen LogP contribution < -0.4 is 5.32 Å². The van der Waals surface area contributed by atoms with E-state index in [1.807, 2.05) is 12.1 Å². The van der Waals surface area contributed by atoms with Crippen LogP contribution in [-0.4, -0.2) is 39.5 Å². The van der Waals surface area contributed by atoms with Crippen molar-refractivity contribution < 1.29 is 4.74 Å². The SMILES string of the molecule is CC(NC1CCOC1)c1cccc(-n2cnnn2)c1. The topological polar surface area (TPSA) is 64.9 Å². The van der Waals surface area contributed by atoms with Crippen molar-refractivity contribution in [2.24, 2.45) is 0 Å². The summed E-state index contributed by atoms with van der Waals surface area (Å²) < 4.78 is 7.04. The lowest BCUT2D eigenvalue weighted by Crippen LogP contribution is -2.31. The van der Waals surface area contributed by atoms with Gasteiger partial charge in [0.15, 0.2) is 0 Å². The molecule has 0 radical (unpaired) electrons. The van der Waals surface area contributed by atoms with Crippen LogP contribution in [0.4, 0.5) is 0 Å². The molecule has 0 aliphatic carbocycles. The Labute approximate surface area is 111 Å². The van der Waals surface area contributed by atoms with Gasteiger partial charge < -0.3 is 10.1 Å². The minimum Gasteiger partial charge on any atom is -0.380 e. The van der Waals surface area contributed by atoms with Crippen molar-refractivity contribution in [3.05, 3.63) is 36.2 Å². The predicted molar refractivity (Wildman–Crippen MR) is 69.9 cm³/mol. The summed E-state index contributed by atoms with van der Waals surface area (Å²) in [5.74, 6) is 0. The van der Waals surface area contributed by atoms with E-state index in [9.17, 15) is 0 Å². The van der Waals surface area contributed by atoms with Gasteiger partial charge in [0.2, 0.25) is 0 Å². The Kier molecular flexibility index (Phi) is 3.52. The fourth-order valence-corrected chi connectivity index (χ4v) is 2.33. The van der Waals surface area contributed by atoms with Gasteiger partial charge in [-0.15, -0.1) is 5.10 Å². The van der Waals surface area contributed by atoms with E-state index in [0.717, 1.165) is 25.3 Å². The summed E-state index contributed by atoms with van der Waals surface area (Å²) >= 11 is 0. The zero-order valence-electron chi connectivity index (χ0n) is 10.9. The van der Waals surface area contributed by atoms with Gasteiger partial charge in [-0.2, -0.15) is 0 Å². The Morgan fingerprint density at radius 3 is 3.16 bits per heavy atom. The van der Waals surface area contributed by atoms with E-state index in [4.69, 9.17) is 4.74 Å². The monoisotopic (exact) mass is 259 g/mol. The van der Waals surface area contributed by atoms with E-state index >= 15 is 0 Å². The van der Waals surface area contributed by atoms with Crippen LogP contribution in [0.1, 0.15) is 24.9 Å². The van der Waals surface area contributed by atoms with E-state index < -0.39 is 0 Å². The van der Waals surface area contributed by atoms with Gasteiger partial charge in [0.1, 0.15) is 6.33 Å². The number of nitrogens with one attached hydrogen (secondary N) is 1. The molecule has 1 aromatic heterocycles. The van der Waals surface area contributed by atoms with Crippen LogP contribution in [0.25, 0.3) is 5.69 Å². The molecule has 2 aromatic rings. The first-order valence-corrected chi connectivity index (χ1v) is 6.50. The first kappa shape index (κ1) is 12.3. The van der Waals surface area contributed by atoms with Crippen LogP contribution in [0.3, 0.4) is 0 Å². The Morgan fingerprint density at radius 2 is 2.42 bits per heavy atom. The molecule has 1 aromatic carbocycles. The molecule has 1 aliphatic rings. The molecule has 3 rings (SSSR count). The lowest BCUT2D eigenvalue weighted by atomic mass is 10.1. The standard InChI is InChI=1S/C13H17N5O/c1-10(15-12-5-6-19-8-12)11-3-2-4-13(7-11)18-9-14-16-17-18/h2-4,7,9-10,12,15H,5-6,8H2,1H3. The highest BCUT2D eigenvalue weighted by molar-refractivity contribution is 5.35. The summed E-state index contributed by atoms with van der Waals surface area (Å²) in [7, 11) is 0. The quantitative estimate of drug-likeness (QED) is 0.890. The zero-order valence-corrected chi connectivity index (χ0v) is 10.9. The van der Waals surface area contributed by atoms with Gasteiger partial charge in [0.05, 0.1) is 12.3 Å². The van der Waals surface area contributed by atoms with E-state index in [2.05, 4.69) is 39.9 Å². The molecule has 1 aliphatic heterocycles. The van der Waals surface area contributed by atoms with Crippen LogP contribution in [0, 0.1) is 0 Å². The first-order chi connectivity index (χ1) is 9.33. The molecule has 0 bridgehead atoms. The Hall–Kier alpha value is -1.79. The van der Waals surface area contributed by atoms with Crippen molar-refractivity contribution in [1.29, 1.82) is 0 Å². The van der Waals surface area contributed by atoms with Crippen molar-refractivity contribution in [2.75, 3.05) is 13.2 Å². The largest absolute Gasteiger partial charge is 0.380 e. The van der Waals surface area contributed by atoms with Gasteiger partial charge >= 0.3 is 0 Å². The minimum atomic E-state index is 0.281. The molecule has 1 saturated heterocycles. The van der Waals surface area contributed by atoms with Gasteiger partial charge in [-0.3, -0.25) is 0 Å². The number of rotatable bonds is 4. The maximum absolute atomic E-state index is 5.38. The number of hydrogen-bond acceptors (Lipinski definition) is 5. The van der Waals surface area contributed by atoms with Crippen molar-refractivity contribution in [1.82, 2.24) is 25.5 Å². The number of benzene rings is 1. The molecular weight excluding hydrogens is 242 g/mol. The molecule has 19 heavy (non-hydrogen) atoms. The lowest BCUT2D eigenvalue weighted by Gasteiger charge is -2.19. The smallest absolute Gasteiger partial charge is 0.143 e. The molecule has 0 saturated carbocycles. The van der Waals surface area contributed by atoms with Gasteiger partial charge in [-0.1, -0.05) is 12.1 Å². The van der Waals surface area contributed by atoms with Crippen LogP contribution in [0.15, 0.2) is 30.6 Å². The molecule has 1 N–H and O–H groups in total. The molecular formula is C13H17N5O. The van der Waals surface area contributed by atoms with Gasteiger partial charge in [-0.05, 0) is 41.5 Å². The summed E-state index contributed by atoms with van der Waals surface area (Å²) in [6.07, 6.45) is 2.68. The molecule has 0 amide bonds. The highest BCUT2D eigenvalue weighted by Gasteiger charge is 2.18. The Morgan fingerprint density at radius 1 is 1.47 bits per heavy atom. The number of aromatic nitrogens is 4. The fraction of sp³-hybridized carbons (Fsp3) is 0.462. The summed E-state index contributed by atoms with van der Waals surface area (Å²) in [4.78, 5) is 0. The van der Waals surface area contributed by atoms with Gasteiger partial charge in [0, 0.05) is 18.7 Å². The third-order valence-corrected chi connectivity index (χ3v) is 3.40. The summed E-state index contributed by atoms with van der Waals surface area (Å²) in [6.45, 7) is 3.82. The highest BCUT2D eigenvalue weighted by atomic mass is 16.5. The van der Waals surface area contributed by atoms with Crippen LogP contribution in [0.5, 0.6) is 0 Å². The van der Waals surface area contributed by atoms with Crippen molar-refractivity contribution in [2.45, 2.75) is 25.4 Å². The van der Waals surface area contributed by atoms with Crippen molar-refractivity contribution in [3.63, 3.8) is 0 Å². The normalized spacial score (nSPS) is 20.6. The van der Waals surface area contributed by atoms with E-state index in [1.54, 1.807) is 11.0 Å². The molecule has 2 heterocycles. The lowest BCUT2D eigenvalue weighted by molar-refractivity contribution is 0.188. The number of hydrogen-bond donors (Lipinski definition) is 1. The molecule has 2 atom stereocenters. The average molecular weight is 259 g/mol. The average Bonchev–Trinajstić information content (AvgIpc) is 3.12. The molecule has 0 spiro atoms. The second-order valence-corrected chi connectivity index (χ2v) is 4.80. The highest BCUT2D eigenvalue weighted by Crippen LogP contribution is 2.18. The minimum absolute atomic E-state index is 0.281. The number of tetrazole rings is 1. The molecule has 1 fully saturated rings. The fourth-order valence-electron chi connectivity index (χ4n) is 2.33. The van der Waals surface area contributed by atoms with Crippen LogP contribution in [0.2, 0.25) is 0 Å². The van der Waals surface area contributed by atoms with Crippen LogP contribution >= 0.6 is 0 Å². The maximum atomic E-state index is 5.38. The molecule has 6 heteroatoms. The number of nitrogens with zero attached hydrogens (tertiary/aromatic N) is 4. The van der Waals surface area contributed by atoms with E-state index in [0.29, 0.717) is 6.04 Å². The maximum Gasteiger partial charge on any atom is 0.143 e. The second-order valence-electron chi connectivity index (χ2n) is 4.80. The molecule has 6 nitrogen and oxygen atoms in total. The summed E-state index contributed by atoms with van der Waals surface area (Å²) in [5.41, 5.74) is 2.19. The zero-order chi connectivity index (χ0) is 13.1. The molecule has 100 valence electrons. The van der Waals surface area contributed by atoms with Crippen molar-refractivity contribution in [3.8, 4) is 5.69 Å². The Bertz CT molecular complexity index is 522. The van der Waals surface area contributed by atoms with Crippen LogP contribution in [-0.2, 0) is 4.74 Å².